The Morgan fingerprint density at radius 3 is 2.68 bits per heavy atom. The van der Waals surface area contributed by atoms with Crippen molar-refractivity contribution >= 4 is 11.6 Å². The van der Waals surface area contributed by atoms with Crippen LogP contribution in [-0.4, -0.2) is 31.2 Å². The van der Waals surface area contributed by atoms with E-state index in [0.717, 1.165) is 30.0 Å². The van der Waals surface area contributed by atoms with Crippen molar-refractivity contribution in [1.29, 1.82) is 0 Å². The second kappa shape index (κ2) is 7.98. The second-order valence-electron chi connectivity index (χ2n) is 7.46. The van der Waals surface area contributed by atoms with Crippen molar-refractivity contribution in [2.45, 2.75) is 58.5 Å². The lowest BCUT2D eigenvalue weighted by Gasteiger charge is -2.35. The maximum Gasteiger partial charge on any atom is 0.242 e. The molecule has 1 fully saturated rings. The van der Waals surface area contributed by atoms with Gasteiger partial charge in [-0.1, -0.05) is 26.7 Å². The van der Waals surface area contributed by atoms with E-state index < -0.39 is 0 Å². The second-order valence-corrected chi connectivity index (χ2v) is 7.46. The van der Waals surface area contributed by atoms with Crippen LogP contribution < -0.4 is 20.1 Å². The molecule has 138 valence electrons. The minimum absolute atomic E-state index is 0.0538. The van der Waals surface area contributed by atoms with Gasteiger partial charge in [-0.15, -0.1) is 0 Å². The highest BCUT2D eigenvalue weighted by molar-refractivity contribution is 5.84. The fourth-order valence-electron chi connectivity index (χ4n) is 3.66. The van der Waals surface area contributed by atoms with Crippen molar-refractivity contribution in [3.8, 4) is 11.5 Å². The third-order valence-electron chi connectivity index (χ3n) is 5.56. The Labute approximate surface area is 150 Å². The first-order valence-corrected chi connectivity index (χ1v) is 9.51. The summed E-state index contributed by atoms with van der Waals surface area (Å²) in [7, 11) is 0. The molecule has 0 saturated heterocycles. The molecule has 1 heterocycles. The highest BCUT2D eigenvalue weighted by Crippen LogP contribution is 2.33. The monoisotopic (exact) mass is 346 g/mol. The summed E-state index contributed by atoms with van der Waals surface area (Å²) >= 11 is 0. The molecule has 1 aromatic carbocycles. The quantitative estimate of drug-likeness (QED) is 0.875. The predicted molar refractivity (Wildman–Crippen MR) is 99.2 cm³/mol. The standard InChI is InChI=1S/C20H30N2O3/c1-13-6-4-7-17(14(13)2)22-20(23)15(3)21-16-8-9-18-19(12-16)25-11-5-10-24-18/h8-9,12-15,17,21H,4-7,10-11H2,1-3H3,(H,22,23)/t13-,14-,15+,17-/m1/s1. The smallest absolute Gasteiger partial charge is 0.242 e. The molecule has 1 aliphatic carbocycles. The molecule has 0 spiro atoms. The van der Waals surface area contributed by atoms with E-state index in [1.165, 1.54) is 12.8 Å². The fourth-order valence-corrected chi connectivity index (χ4v) is 3.66. The van der Waals surface area contributed by atoms with Crippen molar-refractivity contribution in [1.82, 2.24) is 5.32 Å². The van der Waals surface area contributed by atoms with Crippen molar-refractivity contribution in [3.05, 3.63) is 18.2 Å². The van der Waals surface area contributed by atoms with E-state index in [2.05, 4.69) is 24.5 Å². The maximum atomic E-state index is 12.6. The zero-order valence-corrected chi connectivity index (χ0v) is 15.5. The summed E-state index contributed by atoms with van der Waals surface area (Å²) in [4.78, 5) is 12.6. The third kappa shape index (κ3) is 4.39. The third-order valence-corrected chi connectivity index (χ3v) is 5.56. The largest absolute Gasteiger partial charge is 0.490 e. The predicted octanol–water partition coefficient (Wildman–Crippen LogP) is 3.59. The van der Waals surface area contributed by atoms with E-state index in [0.29, 0.717) is 25.0 Å². The molecular weight excluding hydrogens is 316 g/mol. The van der Waals surface area contributed by atoms with Crippen LogP contribution in [0.15, 0.2) is 18.2 Å². The Kier molecular flexibility index (Phi) is 5.71. The van der Waals surface area contributed by atoms with Crippen LogP contribution in [0.25, 0.3) is 0 Å². The Morgan fingerprint density at radius 2 is 1.88 bits per heavy atom. The van der Waals surface area contributed by atoms with Gasteiger partial charge in [0.2, 0.25) is 5.91 Å². The first-order chi connectivity index (χ1) is 12.0. The summed E-state index contributed by atoms with van der Waals surface area (Å²) in [5, 5.41) is 6.51. The first kappa shape index (κ1) is 17.9. The Morgan fingerprint density at radius 1 is 1.12 bits per heavy atom. The summed E-state index contributed by atoms with van der Waals surface area (Å²) < 4.78 is 11.4. The van der Waals surface area contributed by atoms with Gasteiger partial charge in [0.25, 0.3) is 0 Å². The average molecular weight is 346 g/mol. The maximum absolute atomic E-state index is 12.6. The van der Waals surface area contributed by atoms with Gasteiger partial charge in [0.05, 0.1) is 13.2 Å². The van der Waals surface area contributed by atoms with Crippen LogP contribution in [-0.2, 0) is 4.79 Å². The number of anilines is 1. The zero-order valence-electron chi connectivity index (χ0n) is 15.5. The fraction of sp³-hybridized carbons (Fsp3) is 0.650. The molecule has 5 heteroatoms. The van der Waals surface area contributed by atoms with Gasteiger partial charge in [0, 0.05) is 24.2 Å². The summed E-state index contributed by atoms with van der Waals surface area (Å²) in [5.74, 6) is 2.76. The van der Waals surface area contributed by atoms with Crippen LogP contribution in [0.1, 0.15) is 46.5 Å². The summed E-state index contributed by atoms with van der Waals surface area (Å²) in [6, 6.07) is 5.73. The Balaban J connectivity index is 1.59. The van der Waals surface area contributed by atoms with Gasteiger partial charge in [0.1, 0.15) is 6.04 Å². The van der Waals surface area contributed by atoms with Crippen LogP contribution in [0, 0.1) is 11.8 Å². The topological polar surface area (TPSA) is 59.6 Å². The number of fused-ring (bicyclic) bond motifs is 1. The average Bonchev–Trinajstić information content (AvgIpc) is 2.83. The zero-order chi connectivity index (χ0) is 17.8. The lowest BCUT2D eigenvalue weighted by Crippen LogP contribution is -2.48. The van der Waals surface area contributed by atoms with E-state index in [1.54, 1.807) is 0 Å². The van der Waals surface area contributed by atoms with Gasteiger partial charge in [-0.3, -0.25) is 4.79 Å². The number of benzene rings is 1. The highest BCUT2D eigenvalue weighted by Gasteiger charge is 2.29. The molecule has 5 nitrogen and oxygen atoms in total. The van der Waals surface area contributed by atoms with Crippen molar-refractivity contribution in [2.75, 3.05) is 18.5 Å². The van der Waals surface area contributed by atoms with E-state index >= 15 is 0 Å². The van der Waals surface area contributed by atoms with E-state index in [9.17, 15) is 4.79 Å². The number of hydrogen-bond acceptors (Lipinski definition) is 4. The van der Waals surface area contributed by atoms with Gasteiger partial charge in [-0.05, 0) is 37.3 Å². The molecule has 1 aliphatic heterocycles. The summed E-state index contributed by atoms with van der Waals surface area (Å²) in [6.07, 6.45) is 4.42. The van der Waals surface area contributed by atoms with Gasteiger partial charge < -0.3 is 20.1 Å². The van der Waals surface area contributed by atoms with E-state index in [1.807, 2.05) is 25.1 Å². The van der Waals surface area contributed by atoms with Crippen LogP contribution >= 0.6 is 0 Å². The Hall–Kier alpha value is -1.91. The number of nitrogens with one attached hydrogen (secondary N) is 2. The number of amides is 1. The van der Waals surface area contributed by atoms with Gasteiger partial charge in [0.15, 0.2) is 11.5 Å². The molecule has 0 unspecified atom stereocenters. The molecule has 1 amide bonds. The number of carbonyl (C=O) groups is 1. The van der Waals surface area contributed by atoms with Gasteiger partial charge in [-0.25, -0.2) is 0 Å². The molecule has 2 aliphatic rings. The molecule has 0 radical (unpaired) electrons. The summed E-state index contributed by atoms with van der Waals surface area (Å²) in [6.45, 7) is 7.76. The van der Waals surface area contributed by atoms with Crippen molar-refractivity contribution in [2.24, 2.45) is 11.8 Å². The van der Waals surface area contributed by atoms with Crippen molar-refractivity contribution < 1.29 is 14.3 Å². The molecule has 0 aromatic heterocycles. The lowest BCUT2D eigenvalue weighted by atomic mass is 9.78. The molecule has 1 saturated carbocycles. The van der Waals surface area contributed by atoms with Crippen LogP contribution in [0.5, 0.6) is 11.5 Å². The minimum Gasteiger partial charge on any atom is -0.490 e. The molecule has 3 rings (SSSR count). The normalized spacial score (nSPS) is 27.1. The molecule has 25 heavy (non-hydrogen) atoms. The SMILES string of the molecule is C[C@@H]1[C@H](C)CCC[C@H]1NC(=O)[C@H](C)Nc1ccc2c(c1)OCCCO2. The first-order valence-electron chi connectivity index (χ1n) is 9.51. The van der Waals surface area contributed by atoms with E-state index in [4.69, 9.17) is 9.47 Å². The van der Waals surface area contributed by atoms with Crippen LogP contribution in [0.4, 0.5) is 5.69 Å². The highest BCUT2D eigenvalue weighted by atomic mass is 16.5. The number of rotatable bonds is 4. The van der Waals surface area contributed by atoms with Gasteiger partial charge in [-0.2, -0.15) is 0 Å². The molecule has 2 N–H and O–H groups in total. The molecule has 0 bridgehead atoms. The Bertz CT molecular complexity index is 605. The molecule has 1 aromatic rings. The number of ether oxygens (including phenoxy) is 2. The van der Waals surface area contributed by atoms with Crippen LogP contribution in [0.3, 0.4) is 0 Å². The number of hydrogen-bond donors (Lipinski definition) is 2. The van der Waals surface area contributed by atoms with E-state index in [-0.39, 0.29) is 18.0 Å². The lowest BCUT2D eigenvalue weighted by molar-refractivity contribution is -0.122. The molecule has 4 atom stereocenters. The minimum atomic E-state index is -0.297. The number of carbonyl (C=O) groups excluding carboxylic acids is 1. The summed E-state index contributed by atoms with van der Waals surface area (Å²) in [5.41, 5.74) is 0.872. The molecular formula is C20H30N2O3. The van der Waals surface area contributed by atoms with Crippen molar-refractivity contribution in [3.63, 3.8) is 0 Å². The van der Waals surface area contributed by atoms with Gasteiger partial charge >= 0.3 is 0 Å². The van der Waals surface area contributed by atoms with Crippen LogP contribution in [0.2, 0.25) is 0 Å².